The number of aromatic nitrogens is 5. The molecular weight excluding hydrogens is 316 g/mol. The van der Waals surface area contributed by atoms with Crippen LogP contribution in [0.4, 0.5) is 5.82 Å². The van der Waals surface area contributed by atoms with Crippen molar-refractivity contribution in [2.75, 3.05) is 12.4 Å². The van der Waals surface area contributed by atoms with Gasteiger partial charge in [0.25, 0.3) is 0 Å². The summed E-state index contributed by atoms with van der Waals surface area (Å²) in [6.45, 7) is 0.612. The van der Waals surface area contributed by atoms with E-state index in [0.29, 0.717) is 23.8 Å². The van der Waals surface area contributed by atoms with E-state index in [2.05, 4.69) is 30.2 Å². The Balaban J connectivity index is 1.69. The highest BCUT2D eigenvalue weighted by Crippen LogP contribution is 2.24. The largest absolute Gasteiger partial charge is 0.497 e. The second kappa shape index (κ2) is 6.56. The first-order valence-corrected chi connectivity index (χ1v) is 7.82. The number of aromatic amines is 1. The summed E-state index contributed by atoms with van der Waals surface area (Å²) in [6.07, 6.45) is 5.19. The number of imidazole rings is 1. The predicted octanol–water partition coefficient (Wildman–Crippen LogP) is 3.04. The van der Waals surface area contributed by atoms with Crippen LogP contribution in [-0.4, -0.2) is 32.0 Å². The van der Waals surface area contributed by atoms with Crippen LogP contribution in [0, 0.1) is 0 Å². The van der Waals surface area contributed by atoms with Gasteiger partial charge >= 0.3 is 0 Å². The fraction of sp³-hybridized carbons (Fsp3) is 0.111. The number of pyridine rings is 1. The van der Waals surface area contributed by atoms with Crippen molar-refractivity contribution in [3.63, 3.8) is 0 Å². The first-order chi connectivity index (χ1) is 12.3. The predicted molar refractivity (Wildman–Crippen MR) is 95.2 cm³/mol. The van der Waals surface area contributed by atoms with Crippen LogP contribution in [0.3, 0.4) is 0 Å². The monoisotopic (exact) mass is 332 g/mol. The summed E-state index contributed by atoms with van der Waals surface area (Å²) in [5, 5.41) is 3.34. The lowest BCUT2D eigenvalue weighted by Crippen LogP contribution is -2.04. The molecule has 1 aromatic carbocycles. The van der Waals surface area contributed by atoms with E-state index in [1.165, 1.54) is 0 Å². The summed E-state index contributed by atoms with van der Waals surface area (Å²) in [5.41, 5.74) is 3.37. The number of rotatable bonds is 5. The minimum absolute atomic E-state index is 0.607. The summed E-state index contributed by atoms with van der Waals surface area (Å²) in [7, 11) is 1.64. The van der Waals surface area contributed by atoms with Gasteiger partial charge in [-0.3, -0.25) is 4.98 Å². The van der Waals surface area contributed by atoms with E-state index in [1.54, 1.807) is 19.6 Å². The molecule has 4 aromatic rings. The molecule has 0 aliphatic heterocycles. The number of hydrogen-bond acceptors (Lipinski definition) is 6. The van der Waals surface area contributed by atoms with Crippen LogP contribution in [0.15, 0.2) is 55.1 Å². The highest BCUT2D eigenvalue weighted by molar-refractivity contribution is 5.84. The molecule has 0 aliphatic rings. The molecule has 0 bridgehead atoms. The Hall–Kier alpha value is -3.48. The van der Waals surface area contributed by atoms with Crippen LogP contribution >= 0.6 is 0 Å². The maximum atomic E-state index is 5.20. The van der Waals surface area contributed by atoms with E-state index in [0.717, 1.165) is 22.4 Å². The summed E-state index contributed by atoms with van der Waals surface area (Å²) in [4.78, 5) is 20.7. The lowest BCUT2D eigenvalue weighted by Gasteiger charge is -2.09. The number of hydrogen-bond donors (Lipinski definition) is 2. The zero-order chi connectivity index (χ0) is 17.1. The lowest BCUT2D eigenvalue weighted by atomic mass is 10.2. The topological polar surface area (TPSA) is 88.6 Å². The summed E-state index contributed by atoms with van der Waals surface area (Å²) >= 11 is 0. The number of nitrogens with zero attached hydrogens (tertiary/aromatic N) is 4. The molecular formula is C18H16N6O. The molecule has 4 rings (SSSR count). The fourth-order valence-corrected chi connectivity index (χ4v) is 2.52. The van der Waals surface area contributed by atoms with Crippen molar-refractivity contribution in [1.82, 2.24) is 24.9 Å². The second-order valence-corrected chi connectivity index (χ2v) is 5.44. The molecule has 0 saturated carbocycles. The smallest absolute Gasteiger partial charge is 0.183 e. The number of benzene rings is 1. The molecule has 0 atom stereocenters. The van der Waals surface area contributed by atoms with Crippen molar-refractivity contribution in [1.29, 1.82) is 0 Å². The molecule has 124 valence electrons. The second-order valence-electron chi connectivity index (χ2n) is 5.44. The highest BCUT2D eigenvalue weighted by atomic mass is 16.5. The maximum absolute atomic E-state index is 5.20. The van der Waals surface area contributed by atoms with Crippen molar-refractivity contribution in [3.05, 3.63) is 60.7 Å². The van der Waals surface area contributed by atoms with Gasteiger partial charge in [-0.05, 0) is 35.9 Å². The average molecular weight is 332 g/mol. The number of methoxy groups -OCH3 is 1. The third-order valence-electron chi connectivity index (χ3n) is 3.82. The average Bonchev–Trinajstić information content (AvgIpc) is 3.16. The molecule has 7 nitrogen and oxygen atoms in total. The van der Waals surface area contributed by atoms with Gasteiger partial charge in [-0.1, -0.05) is 6.07 Å². The zero-order valence-corrected chi connectivity index (χ0v) is 13.6. The van der Waals surface area contributed by atoms with Crippen molar-refractivity contribution in [2.45, 2.75) is 6.54 Å². The summed E-state index contributed by atoms with van der Waals surface area (Å²) in [6, 6.07) is 11.5. The van der Waals surface area contributed by atoms with Gasteiger partial charge in [0.2, 0.25) is 0 Å². The molecule has 25 heavy (non-hydrogen) atoms. The normalized spacial score (nSPS) is 10.8. The third-order valence-corrected chi connectivity index (χ3v) is 3.82. The van der Waals surface area contributed by atoms with E-state index in [-0.39, 0.29) is 0 Å². The van der Waals surface area contributed by atoms with Crippen LogP contribution < -0.4 is 10.1 Å². The maximum Gasteiger partial charge on any atom is 0.183 e. The van der Waals surface area contributed by atoms with Gasteiger partial charge in [-0.25, -0.2) is 15.0 Å². The minimum atomic E-state index is 0.607. The Morgan fingerprint density at radius 2 is 2.00 bits per heavy atom. The molecule has 0 radical (unpaired) electrons. The summed E-state index contributed by atoms with van der Waals surface area (Å²) < 4.78 is 5.20. The molecule has 0 spiro atoms. The van der Waals surface area contributed by atoms with Crippen LogP contribution in [0.1, 0.15) is 5.56 Å². The highest BCUT2D eigenvalue weighted by Gasteiger charge is 2.11. The van der Waals surface area contributed by atoms with Gasteiger partial charge in [-0.2, -0.15) is 0 Å². The molecule has 3 aromatic heterocycles. The van der Waals surface area contributed by atoms with E-state index in [1.807, 2.05) is 42.6 Å². The lowest BCUT2D eigenvalue weighted by molar-refractivity contribution is 0.415. The number of nitrogens with one attached hydrogen (secondary N) is 2. The molecule has 0 saturated heterocycles. The van der Waals surface area contributed by atoms with Gasteiger partial charge in [0.15, 0.2) is 17.3 Å². The Bertz CT molecular complexity index is 982. The van der Waals surface area contributed by atoms with Gasteiger partial charge < -0.3 is 15.0 Å². The summed E-state index contributed by atoms with van der Waals surface area (Å²) in [5.74, 6) is 2.10. The van der Waals surface area contributed by atoms with E-state index < -0.39 is 0 Å². The number of H-pyrrole nitrogens is 1. The third kappa shape index (κ3) is 3.12. The van der Waals surface area contributed by atoms with Crippen LogP contribution in [0.25, 0.3) is 22.6 Å². The molecule has 0 fully saturated rings. The van der Waals surface area contributed by atoms with Gasteiger partial charge in [0.05, 0.1) is 13.4 Å². The first-order valence-electron chi connectivity index (χ1n) is 7.82. The number of fused-ring (bicyclic) bond motifs is 1. The molecule has 3 heterocycles. The quantitative estimate of drug-likeness (QED) is 0.584. The van der Waals surface area contributed by atoms with E-state index >= 15 is 0 Å². The molecule has 0 unspecified atom stereocenters. The Morgan fingerprint density at radius 3 is 2.76 bits per heavy atom. The molecule has 0 amide bonds. The van der Waals surface area contributed by atoms with Crippen molar-refractivity contribution in [2.24, 2.45) is 0 Å². The van der Waals surface area contributed by atoms with Crippen molar-refractivity contribution < 1.29 is 4.74 Å². The van der Waals surface area contributed by atoms with Crippen molar-refractivity contribution in [3.8, 4) is 17.1 Å². The van der Waals surface area contributed by atoms with Crippen LogP contribution in [0.2, 0.25) is 0 Å². The zero-order valence-electron chi connectivity index (χ0n) is 13.6. The van der Waals surface area contributed by atoms with Gasteiger partial charge in [0.1, 0.15) is 11.3 Å². The van der Waals surface area contributed by atoms with Crippen molar-refractivity contribution >= 4 is 17.0 Å². The SMILES string of the molecule is COc1ccc(-c2nc(NCc3cccnc3)c3[nH]cnc3n2)cc1. The molecule has 0 aliphatic carbocycles. The molecule has 7 heteroatoms. The van der Waals surface area contributed by atoms with Gasteiger partial charge in [0, 0.05) is 24.5 Å². The van der Waals surface area contributed by atoms with Crippen LogP contribution in [-0.2, 0) is 6.54 Å². The Morgan fingerprint density at radius 1 is 1.12 bits per heavy atom. The molecule has 2 N–H and O–H groups in total. The van der Waals surface area contributed by atoms with E-state index in [4.69, 9.17) is 4.74 Å². The Labute approximate surface area is 144 Å². The minimum Gasteiger partial charge on any atom is -0.497 e. The fourth-order valence-electron chi connectivity index (χ4n) is 2.52. The first kappa shape index (κ1) is 15.1. The van der Waals surface area contributed by atoms with Crippen LogP contribution in [0.5, 0.6) is 5.75 Å². The Kier molecular flexibility index (Phi) is 3.96. The number of ether oxygens (including phenoxy) is 1. The standard InChI is InChI=1S/C18H16N6O/c1-25-14-6-4-13(5-7-14)16-23-17(15-18(24-16)22-11-21-15)20-10-12-3-2-8-19-9-12/h2-9,11H,10H2,1H3,(H2,20,21,22,23,24). The number of anilines is 1. The van der Waals surface area contributed by atoms with Gasteiger partial charge in [-0.15, -0.1) is 0 Å². The van der Waals surface area contributed by atoms with E-state index in [9.17, 15) is 0 Å².